The van der Waals surface area contributed by atoms with Gasteiger partial charge in [-0.3, -0.25) is 0 Å². The summed E-state index contributed by atoms with van der Waals surface area (Å²) in [5, 5.41) is 10.2. The zero-order valence-corrected chi connectivity index (χ0v) is 10.4. The van der Waals surface area contributed by atoms with E-state index in [1.54, 1.807) is 6.07 Å². The van der Waals surface area contributed by atoms with Crippen molar-refractivity contribution in [1.82, 2.24) is 0 Å². The molecule has 1 saturated carbocycles. The Bertz CT molecular complexity index is 429. The van der Waals surface area contributed by atoms with E-state index in [1.165, 1.54) is 25.3 Å². The van der Waals surface area contributed by atoms with Gasteiger partial charge in [0.25, 0.3) is 0 Å². The molecule has 0 bridgehead atoms. The van der Waals surface area contributed by atoms with Gasteiger partial charge in [0.05, 0.1) is 6.10 Å². The van der Waals surface area contributed by atoms with Crippen LogP contribution in [0.15, 0.2) is 24.3 Å². The van der Waals surface area contributed by atoms with E-state index < -0.39 is 18.6 Å². The largest absolute Gasteiger partial charge is 0.573 e. The average Bonchev–Trinajstić information content (AvgIpc) is 3.13. The summed E-state index contributed by atoms with van der Waals surface area (Å²) in [5.74, 6) is -0.191. The third-order valence-electron chi connectivity index (χ3n) is 3.13. The number of alkyl halides is 3. The minimum absolute atomic E-state index is 0.0959. The molecule has 1 aliphatic carbocycles. The quantitative estimate of drug-likeness (QED) is 0.898. The van der Waals surface area contributed by atoms with Crippen molar-refractivity contribution in [3.63, 3.8) is 0 Å². The van der Waals surface area contributed by atoms with Gasteiger partial charge < -0.3 is 14.6 Å². The second-order valence-electron chi connectivity index (χ2n) is 4.57. The zero-order chi connectivity index (χ0) is 14.0. The smallest absolute Gasteiger partial charge is 0.405 e. The van der Waals surface area contributed by atoms with Gasteiger partial charge in [0, 0.05) is 12.7 Å². The minimum Gasteiger partial charge on any atom is -0.405 e. The van der Waals surface area contributed by atoms with Gasteiger partial charge in [0.1, 0.15) is 11.9 Å². The molecule has 0 radical (unpaired) electrons. The molecule has 106 valence electrons. The number of ether oxygens (including phenoxy) is 2. The molecular weight excluding hydrogens is 261 g/mol. The monoisotopic (exact) mass is 276 g/mol. The van der Waals surface area contributed by atoms with Crippen molar-refractivity contribution >= 4 is 0 Å². The van der Waals surface area contributed by atoms with Crippen LogP contribution >= 0.6 is 0 Å². The number of rotatable bonds is 5. The van der Waals surface area contributed by atoms with Crippen molar-refractivity contribution in [3.8, 4) is 5.75 Å². The number of halogens is 3. The molecule has 0 aliphatic heterocycles. The van der Waals surface area contributed by atoms with Crippen LogP contribution in [0.5, 0.6) is 5.75 Å². The molecule has 3 nitrogen and oxygen atoms in total. The van der Waals surface area contributed by atoms with Crippen LogP contribution in [0.3, 0.4) is 0 Å². The molecule has 1 aliphatic rings. The summed E-state index contributed by atoms with van der Waals surface area (Å²) in [4.78, 5) is 0. The second-order valence-corrected chi connectivity index (χ2v) is 4.57. The molecule has 0 amide bonds. The Kier molecular flexibility index (Phi) is 4.01. The molecule has 1 aromatic carbocycles. The van der Waals surface area contributed by atoms with Gasteiger partial charge in [0.2, 0.25) is 0 Å². The zero-order valence-electron chi connectivity index (χ0n) is 10.4. The molecular formula is C13H15F3O3. The van der Waals surface area contributed by atoms with E-state index in [-0.39, 0.29) is 17.2 Å². The van der Waals surface area contributed by atoms with E-state index in [9.17, 15) is 18.3 Å². The summed E-state index contributed by atoms with van der Waals surface area (Å²) in [7, 11) is 1.44. The number of benzene rings is 1. The van der Waals surface area contributed by atoms with E-state index in [0.29, 0.717) is 0 Å². The molecule has 1 fully saturated rings. The first-order valence-electron chi connectivity index (χ1n) is 5.98. The Morgan fingerprint density at radius 2 is 1.89 bits per heavy atom. The highest BCUT2D eigenvalue weighted by Crippen LogP contribution is 2.42. The highest BCUT2D eigenvalue weighted by Gasteiger charge is 2.39. The number of para-hydroxylation sites is 1. The van der Waals surface area contributed by atoms with E-state index >= 15 is 0 Å². The molecule has 2 rings (SSSR count). The predicted molar refractivity (Wildman–Crippen MR) is 61.6 cm³/mol. The maximum atomic E-state index is 12.3. The predicted octanol–water partition coefficient (Wildman–Crippen LogP) is 3.04. The molecule has 1 aromatic rings. The Hall–Kier alpha value is -1.27. The summed E-state index contributed by atoms with van der Waals surface area (Å²) >= 11 is 0. The Balaban J connectivity index is 2.22. The van der Waals surface area contributed by atoms with Crippen molar-refractivity contribution in [2.24, 2.45) is 5.92 Å². The highest BCUT2D eigenvalue weighted by molar-refractivity contribution is 5.36. The van der Waals surface area contributed by atoms with Crippen molar-refractivity contribution in [3.05, 3.63) is 29.8 Å². The fourth-order valence-corrected chi connectivity index (χ4v) is 2.12. The first-order chi connectivity index (χ1) is 8.92. The van der Waals surface area contributed by atoms with Gasteiger partial charge in [0.15, 0.2) is 0 Å². The lowest BCUT2D eigenvalue weighted by molar-refractivity contribution is -0.275. The standard InChI is InChI=1S/C13H15F3O3/c1-18-12(8-6-7-8)11(17)9-4-2-3-5-10(9)19-13(14,15)16/h2-5,8,11-12,17H,6-7H2,1H3. The highest BCUT2D eigenvalue weighted by atomic mass is 19.4. The summed E-state index contributed by atoms with van der Waals surface area (Å²) < 4.78 is 46.0. The summed E-state index contributed by atoms with van der Waals surface area (Å²) in [6, 6.07) is 5.59. The van der Waals surface area contributed by atoms with Gasteiger partial charge in [-0.15, -0.1) is 13.2 Å². The molecule has 0 spiro atoms. The van der Waals surface area contributed by atoms with Crippen molar-refractivity contribution in [2.75, 3.05) is 7.11 Å². The van der Waals surface area contributed by atoms with Crippen molar-refractivity contribution < 1.29 is 27.8 Å². The van der Waals surface area contributed by atoms with Gasteiger partial charge >= 0.3 is 6.36 Å². The molecule has 2 atom stereocenters. The Morgan fingerprint density at radius 1 is 1.26 bits per heavy atom. The van der Waals surface area contributed by atoms with E-state index in [1.807, 2.05) is 0 Å². The van der Waals surface area contributed by atoms with Gasteiger partial charge in [-0.1, -0.05) is 18.2 Å². The number of aliphatic hydroxyl groups is 1. The van der Waals surface area contributed by atoms with Crippen LogP contribution in [0.4, 0.5) is 13.2 Å². The minimum atomic E-state index is -4.78. The fourth-order valence-electron chi connectivity index (χ4n) is 2.12. The molecule has 0 aromatic heterocycles. The molecule has 19 heavy (non-hydrogen) atoms. The van der Waals surface area contributed by atoms with Crippen LogP contribution in [-0.2, 0) is 4.74 Å². The Labute approximate surface area is 108 Å². The molecule has 2 unspecified atom stereocenters. The van der Waals surface area contributed by atoms with Crippen LogP contribution in [0.2, 0.25) is 0 Å². The normalized spacial score (nSPS) is 19.0. The summed E-state index contributed by atoms with van der Waals surface area (Å²) in [5.41, 5.74) is 0.0959. The number of methoxy groups -OCH3 is 1. The Morgan fingerprint density at radius 3 is 2.42 bits per heavy atom. The third-order valence-corrected chi connectivity index (χ3v) is 3.13. The maximum absolute atomic E-state index is 12.3. The average molecular weight is 276 g/mol. The number of hydrogen-bond donors (Lipinski definition) is 1. The van der Waals surface area contributed by atoms with Gasteiger partial charge in [-0.05, 0) is 24.8 Å². The summed E-state index contributed by atoms with van der Waals surface area (Å²) in [6.45, 7) is 0. The SMILES string of the molecule is COC(C1CC1)C(O)c1ccccc1OC(F)(F)F. The lowest BCUT2D eigenvalue weighted by Crippen LogP contribution is -2.25. The number of hydrogen-bond acceptors (Lipinski definition) is 3. The summed E-state index contributed by atoms with van der Waals surface area (Å²) in [6.07, 6.45) is -4.58. The first kappa shape index (κ1) is 14.1. The van der Waals surface area contributed by atoms with E-state index in [4.69, 9.17) is 4.74 Å². The molecule has 0 saturated heterocycles. The van der Waals surface area contributed by atoms with Crippen LogP contribution in [0.1, 0.15) is 24.5 Å². The fraction of sp³-hybridized carbons (Fsp3) is 0.538. The maximum Gasteiger partial charge on any atom is 0.573 e. The van der Waals surface area contributed by atoms with Gasteiger partial charge in [-0.25, -0.2) is 0 Å². The number of aliphatic hydroxyl groups excluding tert-OH is 1. The van der Waals surface area contributed by atoms with Crippen molar-refractivity contribution in [1.29, 1.82) is 0 Å². The first-order valence-corrected chi connectivity index (χ1v) is 5.98. The lowest BCUT2D eigenvalue weighted by Gasteiger charge is -2.23. The molecule has 0 heterocycles. The molecule has 6 heteroatoms. The lowest BCUT2D eigenvalue weighted by atomic mass is 10.00. The van der Waals surface area contributed by atoms with Crippen LogP contribution in [0, 0.1) is 5.92 Å². The third kappa shape index (κ3) is 3.61. The van der Waals surface area contributed by atoms with Crippen LogP contribution < -0.4 is 4.74 Å². The van der Waals surface area contributed by atoms with Crippen LogP contribution in [-0.4, -0.2) is 24.7 Å². The van der Waals surface area contributed by atoms with Crippen molar-refractivity contribution in [2.45, 2.75) is 31.4 Å². The topological polar surface area (TPSA) is 38.7 Å². The molecule has 1 N–H and O–H groups in total. The second kappa shape index (κ2) is 5.38. The van der Waals surface area contributed by atoms with E-state index in [0.717, 1.165) is 12.8 Å². The van der Waals surface area contributed by atoms with Gasteiger partial charge in [-0.2, -0.15) is 0 Å². The van der Waals surface area contributed by atoms with E-state index in [2.05, 4.69) is 4.74 Å². The van der Waals surface area contributed by atoms with Crippen LogP contribution in [0.25, 0.3) is 0 Å².